The van der Waals surface area contributed by atoms with Gasteiger partial charge in [-0.1, -0.05) is 42.5 Å². The molecular formula is C19H23ClN2O3. The highest BCUT2D eigenvalue weighted by atomic mass is 35.5. The summed E-state index contributed by atoms with van der Waals surface area (Å²) >= 11 is 0. The molecule has 1 atom stereocenters. The lowest BCUT2D eigenvalue weighted by atomic mass is 10.0. The van der Waals surface area contributed by atoms with Crippen molar-refractivity contribution < 1.29 is 14.3 Å². The Labute approximate surface area is 154 Å². The predicted octanol–water partition coefficient (Wildman–Crippen LogP) is 3.04. The van der Waals surface area contributed by atoms with E-state index in [1.807, 2.05) is 42.5 Å². The first kappa shape index (κ1) is 20.5. The summed E-state index contributed by atoms with van der Waals surface area (Å²) < 4.78 is 4.68. The number of amides is 1. The first-order valence-electron chi connectivity index (χ1n) is 7.84. The maximum atomic E-state index is 12.3. The van der Waals surface area contributed by atoms with Crippen molar-refractivity contribution >= 4 is 30.0 Å². The fraction of sp³-hybridized carbons (Fsp3) is 0.263. The third-order valence-corrected chi connectivity index (χ3v) is 3.75. The molecule has 1 unspecified atom stereocenters. The van der Waals surface area contributed by atoms with Crippen molar-refractivity contribution in [1.29, 1.82) is 0 Å². The minimum Gasteiger partial charge on any atom is -0.469 e. The van der Waals surface area contributed by atoms with Crippen molar-refractivity contribution in [2.45, 2.75) is 25.3 Å². The minimum atomic E-state index is -0.288. The second kappa shape index (κ2) is 10.4. The average Bonchev–Trinajstić information content (AvgIpc) is 2.61. The number of methoxy groups -OCH3 is 1. The van der Waals surface area contributed by atoms with Crippen LogP contribution < -0.4 is 11.1 Å². The molecule has 0 aliphatic heterocycles. The van der Waals surface area contributed by atoms with E-state index in [0.29, 0.717) is 12.1 Å². The molecule has 2 rings (SSSR count). The molecule has 0 aromatic heterocycles. The number of halogens is 1. The number of nitrogen functional groups attached to an aromatic ring is 1. The van der Waals surface area contributed by atoms with Crippen LogP contribution in [0.5, 0.6) is 0 Å². The SMILES string of the molecule is COC(=O)CCC(NC(=O)Cc1ccc(N)cc1)c1ccccc1.Cl. The lowest BCUT2D eigenvalue weighted by Crippen LogP contribution is -2.30. The number of nitrogens with one attached hydrogen (secondary N) is 1. The van der Waals surface area contributed by atoms with Gasteiger partial charge < -0.3 is 15.8 Å². The molecule has 25 heavy (non-hydrogen) atoms. The van der Waals surface area contributed by atoms with E-state index in [9.17, 15) is 9.59 Å². The maximum absolute atomic E-state index is 12.3. The molecule has 2 aromatic carbocycles. The van der Waals surface area contributed by atoms with Crippen molar-refractivity contribution in [3.05, 3.63) is 65.7 Å². The average molecular weight is 363 g/mol. The zero-order valence-electron chi connectivity index (χ0n) is 14.1. The molecule has 0 saturated heterocycles. The predicted molar refractivity (Wildman–Crippen MR) is 100 cm³/mol. The molecule has 5 nitrogen and oxygen atoms in total. The standard InChI is InChI=1S/C19H22N2O3.ClH/c1-24-19(23)12-11-17(15-5-3-2-4-6-15)21-18(22)13-14-7-9-16(20)10-8-14;/h2-10,17H,11-13,20H2,1H3,(H,21,22);1H. The van der Waals surface area contributed by atoms with Crippen molar-refractivity contribution in [2.75, 3.05) is 12.8 Å². The summed E-state index contributed by atoms with van der Waals surface area (Å²) in [6.45, 7) is 0. The number of benzene rings is 2. The Balaban J connectivity index is 0.00000312. The van der Waals surface area contributed by atoms with Crippen LogP contribution in [0.25, 0.3) is 0 Å². The van der Waals surface area contributed by atoms with Gasteiger partial charge in [-0.3, -0.25) is 9.59 Å². The fourth-order valence-electron chi connectivity index (χ4n) is 2.44. The summed E-state index contributed by atoms with van der Waals surface area (Å²) in [6, 6.07) is 16.6. The number of anilines is 1. The highest BCUT2D eigenvalue weighted by Gasteiger charge is 2.16. The third kappa shape index (κ3) is 6.85. The van der Waals surface area contributed by atoms with E-state index >= 15 is 0 Å². The number of rotatable bonds is 7. The van der Waals surface area contributed by atoms with Crippen LogP contribution in [-0.2, 0) is 20.7 Å². The quantitative estimate of drug-likeness (QED) is 0.586. The molecule has 0 aliphatic rings. The zero-order valence-corrected chi connectivity index (χ0v) is 14.9. The Hall–Kier alpha value is -2.53. The fourth-order valence-corrected chi connectivity index (χ4v) is 2.44. The van der Waals surface area contributed by atoms with Gasteiger partial charge in [-0.2, -0.15) is 0 Å². The number of hydrogen-bond donors (Lipinski definition) is 2. The largest absolute Gasteiger partial charge is 0.469 e. The van der Waals surface area contributed by atoms with Crippen LogP contribution in [0, 0.1) is 0 Å². The Kier molecular flexibility index (Phi) is 8.50. The first-order chi connectivity index (χ1) is 11.6. The van der Waals surface area contributed by atoms with Gasteiger partial charge in [0.25, 0.3) is 0 Å². The maximum Gasteiger partial charge on any atom is 0.305 e. The highest BCUT2D eigenvalue weighted by Crippen LogP contribution is 2.19. The molecule has 6 heteroatoms. The minimum absolute atomic E-state index is 0. The highest BCUT2D eigenvalue weighted by molar-refractivity contribution is 5.85. The number of carbonyl (C=O) groups excluding carboxylic acids is 2. The van der Waals surface area contributed by atoms with Gasteiger partial charge in [0.15, 0.2) is 0 Å². The van der Waals surface area contributed by atoms with Gasteiger partial charge in [0, 0.05) is 12.1 Å². The molecule has 134 valence electrons. The first-order valence-corrected chi connectivity index (χ1v) is 7.84. The van der Waals surface area contributed by atoms with Gasteiger partial charge >= 0.3 is 5.97 Å². The molecule has 0 spiro atoms. The van der Waals surface area contributed by atoms with Gasteiger partial charge in [0.2, 0.25) is 5.91 Å². The van der Waals surface area contributed by atoms with Crippen LogP contribution in [0.1, 0.15) is 30.0 Å². The number of esters is 1. The van der Waals surface area contributed by atoms with E-state index in [1.54, 1.807) is 12.1 Å². The van der Waals surface area contributed by atoms with Crippen LogP contribution >= 0.6 is 12.4 Å². The summed E-state index contributed by atoms with van der Waals surface area (Å²) in [7, 11) is 1.36. The number of carbonyl (C=O) groups is 2. The van der Waals surface area contributed by atoms with Crippen LogP contribution in [0.3, 0.4) is 0 Å². The number of ether oxygens (including phenoxy) is 1. The molecule has 3 N–H and O–H groups in total. The van der Waals surface area contributed by atoms with E-state index in [2.05, 4.69) is 10.1 Å². The zero-order chi connectivity index (χ0) is 17.4. The number of nitrogens with two attached hydrogens (primary N) is 1. The van der Waals surface area contributed by atoms with Crippen LogP contribution in [0.15, 0.2) is 54.6 Å². The Morgan fingerprint density at radius 1 is 1.08 bits per heavy atom. The van der Waals surface area contributed by atoms with E-state index < -0.39 is 0 Å². The molecule has 0 bridgehead atoms. The molecule has 0 fully saturated rings. The van der Waals surface area contributed by atoms with Crippen molar-refractivity contribution in [2.24, 2.45) is 0 Å². The normalized spacial score (nSPS) is 11.1. The molecular weight excluding hydrogens is 340 g/mol. The van der Waals surface area contributed by atoms with Gasteiger partial charge in [-0.25, -0.2) is 0 Å². The van der Waals surface area contributed by atoms with E-state index in [0.717, 1.165) is 11.1 Å². The lowest BCUT2D eigenvalue weighted by Gasteiger charge is -2.19. The summed E-state index contributed by atoms with van der Waals surface area (Å²) in [5.74, 6) is -0.387. The Morgan fingerprint density at radius 2 is 1.72 bits per heavy atom. The summed E-state index contributed by atoms with van der Waals surface area (Å²) in [4.78, 5) is 23.7. The monoisotopic (exact) mass is 362 g/mol. The van der Waals surface area contributed by atoms with Crippen molar-refractivity contribution in [3.8, 4) is 0 Å². The second-order valence-corrected chi connectivity index (χ2v) is 5.56. The van der Waals surface area contributed by atoms with Gasteiger partial charge in [0.1, 0.15) is 0 Å². The van der Waals surface area contributed by atoms with Crippen LogP contribution in [0.2, 0.25) is 0 Å². The molecule has 1 amide bonds. The molecule has 0 radical (unpaired) electrons. The van der Waals surface area contributed by atoms with Crippen LogP contribution in [-0.4, -0.2) is 19.0 Å². The summed E-state index contributed by atoms with van der Waals surface area (Å²) in [5, 5.41) is 3.00. The molecule has 0 aliphatic carbocycles. The van der Waals surface area contributed by atoms with Crippen molar-refractivity contribution in [3.63, 3.8) is 0 Å². The smallest absolute Gasteiger partial charge is 0.305 e. The molecule has 0 heterocycles. The van der Waals surface area contributed by atoms with E-state index in [4.69, 9.17) is 5.73 Å². The van der Waals surface area contributed by atoms with Crippen LogP contribution in [0.4, 0.5) is 5.69 Å². The Morgan fingerprint density at radius 3 is 2.32 bits per heavy atom. The van der Waals surface area contributed by atoms with Gasteiger partial charge in [-0.05, 0) is 29.7 Å². The van der Waals surface area contributed by atoms with E-state index in [-0.39, 0.29) is 43.2 Å². The molecule has 0 saturated carbocycles. The van der Waals surface area contributed by atoms with Gasteiger partial charge in [-0.15, -0.1) is 12.4 Å². The summed E-state index contributed by atoms with van der Waals surface area (Å²) in [5.41, 5.74) is 8.17. The van der Waals surface area contributed by atoms with Crippen molar-refractivity contribution in [1.82, 2.24) is 5.32 Å². The topological polar surface area (TPSA) is 81.4 Å². The van der Waals surface area contributed by atoms with E-state index in [1.165, 1.54) is 7.11 Å². The second-order valence-electron chi connectivity index (χ2n) is 5.56. The third-order valence-electron chi connectivity index (χ3n) is 3.75. The molecule has 2 aromatic rings. The Bertz CT molecular complexity index is 675. The number of hydrogen-bond acceptors (Lipinski definition) is 4. The summed E-state index contributed by atoms with van der Waals surface area (Å²) in [6.07, 6.45) is 1.00. The van der Waals surface area contributed by atoms with Gasteiger partial charge in [0.05, 0.1) is 19.6 Å². The lowest BCUT2D eigenvalue weighted by molar-refractivity contribution is -0.141.